The van der Waals surface area contributed by atoms with Gasteiger partial charge < -0.3 is 5.32 Å². The Bertz CT molecular complexity index is 820. The molecule has 0 spiro atoms. The Morgan fingerprint density at radius 3 is 2.81 bits per heavy atom. The van der Waals surface area contributed by atoms with Crippen LogP contribution < -0.4 is 10.8 Å². The van der Waals surface area contributed by atoms with Crippen molar-refractivity contribution in [3.05, 3.63) is 58.9 Å². The van der Waals surface area contributed by atoms with E-state index in [0.717, 1.165) is 37.3 Å². The van der Waals surface area contributed by atoms with Crippen molar-refractivity contribution in [3.63, 3.8) is 0 Å². The number of carbonyl (C=O) groups excluding carboxylic acids is 1. The Balaban J connectivity index is 1.55. The summed E-state index contributed by atoms with van der Waals surface area (Å²) in [4.78, 5) is 22.3. The second kappa shape index (κ2) is 8.75. The number of hydroxylamine groups is 1. The largest absolute Gasteiger partial charge is 0.350 e. The van der Waals surface area contributed by atoms with Gasteiger partial charge in [-0.15, -0.1) is 0 Å². The number of likely N-dealkylation sites (tertiary alicyclic amines) is 1. The molecule has 7 nitrogen and oxygen atoms in total. The van der Waals surface area contributed by atoms with Crippen LogP contribution >= 0.6 is 0 Å². The van der Waals surface area contributed by atoms with Gasteiger partial charge in [0.05, 0.1) is 5.69 Å². The summed E-state index contributed by atoms with van der Waals surface area (Å²) in [6.07, 6.45) is 5.53. The molecule has 2 heterocycles. The van der Waals surface area contributed by atoms with E-state index >= 15 is 0 Å². The molecular formula is C20H25N5O2. The molecule has 1 atom stereocenters. The van der Waals surface area contributed by atoms with Crippen molar-refractivity contribution in [1.29, 1.82) is 0 Å². The van der Waals surface area contributed by atoms with Crippen molar-refractivity contribution in [2.24, 2.45) is 0 Å². The molecule has 3 N–H and O–H groups in total. The van der Waals surface area contributed by atoms with E-state index in [1.165, 1.54) is 17.2 Å². The van der Waals surface area contributed by atoms with E-state index in [0.29, 0.717) is 12.0 Å². The number of aryl methyl sites for hydroxylation is 2. The van der Waals surface area contributed by atoms with Crippen molar-refractivity contribution >= 4 is 17.9 Å². The zero-order valence-electron chi connectivity index (χ0n) is 15.6. The van der Waals surface area contributed by atoms with Gasteiger partial charge in [0.1, 0.15) is 0 Å². The maximum atomic E-state index is 11.1. The summed E-state index contributed by atoms with van der Waals surface area (Å²) in [5, 5.41) is 11.9. The van der Waals surface area contributed by atoms with Crippen LogP contribution in [0.25, 0.3) is 6.08 Å². The second-order valence-corrected chi connectivity index (χ2v) is 6.89. The van der Waals surface area contributed by atoms with Crippen LogP contribution in [0.1, 0.15) is 28.8 Å². The summed E-state index contributed by atoms with van der Waals surface area (Å²) in [6.45, 7) is 6.91. The normalized spacial score (nSPS) is 17.4. The summed E-state index contributed by atoms with van der Waals surface area (Å²) in [6, 6.07) is 8.99. The van der Waals surface area contributed by atoms with Crippen LogP contribution in [0.4, 0.5) is 5.95 Å². The Morgan fingerprint density at radius 1 is 1.33 bits per heavy atom. The van der Waals surface area contributed by atoms with Gasteiger partial charge in [0.2, 0.25) is 5.95 Å². The van der Waals surface area contributed by atoms with E-state index in [4.69, 9.17) is 5.21 Å². The summed E-state index contributed by atoms with van der Waals surface area (Å²) < 4.78 is 0. The van der Waals surface area contributed by atoms with Crippen molar-refractivity contribution in [2.45, 2.75) is 32.9 Å². The summed E-state index contributed by atoms with van der Waals surface area (Å²) in [7, 11) is 0. The van der Waals surface area contributed by atoms with Gasteiger partial charge in [-0.05, 0) is 31.9 Å². The van der Waals surface area contributed by atoms with E-state index in [2.05, 4.69) is 51.4 Å². The number of nitrogens with one attached hydrogen (secondary N) is 2. The number of benzene rings is 1. The lowest BCUT2D eigenvalue weighted by atomic mass is 10.1. The minimum atomic E-state index is -0.587. The molecule has 1 aliphatic rings. The van der Waals surface area contributed by atoms with Crippen LogP contribution in [0.5, 0.6) is 0 Å². The molecular weight excluding hydrogens is 342 g/mol. The lowest BCUT2D eigenvalue weighted by Gasteiger charge is -2.17. The molecule has 0 radical (unpaired) electrons. The Kier molecular flexibility index (Phi) is 6.16. The Labute approximate surface area is 159 Å². The predicted octanol–water partition coefficient (Wildman–Crippen LogP) is 2.30. The maximum Gasteiger partial charge on any atom is 0.267 e. The van der Waals surface area contributed by atoms with Gasteiger partial charge in [-0.2, -0.15) is 0 Å². The van der Waals surface area contributed by atoms with E-state index < -0.39 is 5.91 Å². The van der Waals surface area contributed by atoms with Gasteiger partial charge >= 0.3 is 0 Å². The lowest BCUT2D eigenvalue weighted by molar-refractivity contribution is -0.124. The smallest absolute Gasteiger partial charge is 0.267 e. The van der Waals surface area contributed by atoms with Crippen LogP contribution in [-0.2, 0) is 11.3 Å². The first-order valence-corrected chi connectivity index (χ1v) is 9.03. The van der Waals surface area contributed by atoms with Gasteiger partial charge in [0.15, 0.2) is 0 Å². The van der Waals surface area contributed by atoms with Gasteiger partial charge in [-0.25, -0.2) is 15.4 Å². The zero-order chi connectivity index (χ0) is 19.2. The van der Waals surface area contributed by atoms with Crippen molar-refractivity contribution in [2.75, 3.05) is 18.4 Å². The van der Waals surface area contributed by atoms with Crippen molar-refractivity contribution < 1.29 is 10.0 Å². The molecule has 1 aliphatic heterocycles. The molecule has 27 heavy (non-hydrogen) atoms. The molecule has 2 aromatic rings. The molecule has 0 aliphatic carbocycles. The van der Waals surface area contributed by atoms with E-state index in [-0.39, 0.29) is 0 Å². The fourth-order valence-corrected chi connectivity index (χ4v) is 3.14. The van der Waals surface area contributed by atoms with Crippen LogP contribution in [0.3, 0.4) is 0 Å². The number of carbonyl (C=O) groups is 1. The van der Waals surface area contributed by atoms with E-state index in [9.17, 15) is 4.79 Å². The highest BCUT2D eigenvalue weighted by Crippen LogP contribution is 2.17. The molecule has 1 saturated heterocycles. The standard InChI is InChI=1S/C20H25N5O2/c1-14-3-5-16(6-4-14)12-25-10-9-18(13-25)23-20-21-11-17(15(2)22-20)7-8-19(26)24-27/h3-8,11,18,27H,9-10,12-13H2,1-2H3,(H,24,26)(H,21,22,23)/b8-7+/t18-/m1/s1. The zero-order valence-corrected chi connectivity index (χ0v) is 15.6. The van der Waals surface area contributed by atoms with Crippen LogP contribution in [-0.4, -0.2) is 45.1 Å². The number of hydrogen-bond donors (Lipinski definition) is 3. The molecule has 1 fully saturated rings. The third kappa shape index (κ3) is 5.35. The van der Waals surface area contributed by atoms with Crippen LogP contribution in [0.2, 0.25) is 0 Å². The number of aromatic nitrogens is 2. The first-order chi connectivity index (χ1) is 13.0. The third-order valence-electron chi connectivity index (χ3n) is 4.67. The number of anilines is 1. The first-order valence-electron chi connectivity index (χ1n) is 9.03. The van der Waals surface area contributed by atoms with Gasteiger partial charge in [-0.3, -0.25) is 14.9 Å². The highest BCUT2D eigenvalue weighted by Gasteiger charge is 2.23. The molecule has 1 aromatic carbocycles. The highest BCUT2D eigenvalue weighted by molar-refractivity contribution is 5.90. The van der Waals surface area contributed by atoms with E-state index in [1.54, 1.807) is 17.8 Å². The predicted molar refractivity (Wildman–Crippen MR) is 104 cm³/mol. The second-order valence-electron chi connectivity index (χ2n) is 6.89. The molecule has 0 bridgehead atoms. The maximum absolute atomic E-state index is 11.1. The van der Waals surface area contributed by atoms with Gasteiger partial charge in [-0.1, -0.05) is 29.8 Å². The SMILES string of the molecule is Cc1ccc(CN2CC[C@@H](Nc3ncc(/C=C/C(=O)NO)c(C)n3)C2)cc1. The quantitative estimate of drug-likeness (QED) is 0.412. The fraction of sp³-hybridized carbons (Fsp3) is 0.350. The molecule has 142 valence electrons. The molecule has 0 saturated carbocycles. The molecule has 7 heteroatoms. The Morgan fingerprint density at radius 2 is 2.11 bits per heavy atom. The van der Waals surface area contributed by atoms with E-state index in [1.807, 2.05) is 6.92 Å². The molecule has 3 rings (SSSR count). The minimum Gasteiger partial charge on any atom is -0.350 e. The minimum absolute atomic E-state index is 0.316. The topological polar surface area (TPSA) is 90.4 Å². The summed E-state index contributed by atoms with van der Waals surface area (Å²) in [5.41, 5.74) is 5.67. The number of nitrogens with zero attached hydrogens (tertiary/aromatic N) is 3. The fourth-order valence-electron chi connectivity index (χ4n) is 3.14. The number of rotatable bonds is 6. The molecule has 1 aromatic heterocycles. The summed E-state index contributed by atoms with van der Waals surface area (Å²) in [5.74, 6) is 0.00895. The number of hydrogen-bond acceptors (Lipinski definition) is 6. The highest BCUT2D eigenvalue weighted by atomic mass is 16.5. The lowest BCUT2D eigenvalue weighted by Crippen LogP contribution is -2.26. The van der Waals surface area contributed by atoms with Gasteiger partial charge in [0, 0.05) is 43.5 Å². The molecule has 1 amide bonds. The third-order valence-corrected chi connectivity index (χ3v) is 4.67. The molecule has 0 unspecified atom stereocenters. The first kappa shape index (κ1) is 19.0. The average Bonchev–Trinajstić information content (AvgIpc) is 3.09. The van der Waals surface area contributed by atoms with Crippen molar-refractivity contribution in [3.8, 4) is 0 Å². The van der Waals surface area contributed by atoms with Crippen LogP contribution in [0.15, 0.2) is 36.5 Å². The monoisotopic (exact) mass is 367 g/mol. The Hall–Kier alpha value is -2.77. The van der Waals surface area contributed by atoms with Crippen LogP contribution in [0, 0.1) is 13.8 Å². The van der Waals surface area contributed by atoms with Gasteiger partial charge in [0.25, 0.3) is 5.91 Å². The number of amides is 1. The average molecular weight is 367 g/mol. The summed E-state index contributed by atoms with van der Waals surface area (Å²) >= 11 is 0. The van der Waals surface area contributed by atoms with Crippen molar-refractivity contribution in [1.82, 2.24) is 20.3 Å².